The third-order valence-corrected chi connectivity index (χ3v) is 11.6. The van der Waals surface area contributed by atoms with Crippen molar-refractivity contribution in [2.45, 2.75) is 89.8 Å². The summed E-state index contributed by atoms with van der Waals surface area (Å²) in [6, 6.07) is 24.8. The first-order valence-corrected chi connectivity index (χ1v) is 22.3. The van der Waals surface area contributed by atoms with E-state index in [1.54, 1.807) is 81.6 Å². The smallest absolute Gasteiger partial charge is 0.514 e. The molecule has 18 heteroatoms. The Morgan fingerprint density at radius 3 is 2.10 bits per heavy atom. The number of benzene rings is 3. The molecule has 0 spiro atoms. The number of ether oxygens (including phenoxy) is 4. The van der Waals surface area contributed by atoms with Crippen molar-refractivity contribution >= 4 is 53.4 Å². The number of allylic oxidation sites excluding steroid dienone is 1. The number of likely N-dealkylation sites (tertiary alicyclic amines) is 1. The van der Waals surface area contributed by atoms with Crippen molar-refractivity contribution in [2.75, 3.05) is 17.6 Å². The van der Waals surface area contributed by atoms with Crippen LogP contribution in [-0.2, 0) is 46.5 Å². The number of alkyl carbamates (subject to hydrolysis) is 1. The van der Waals surface area contributed by atoms with Gasteiger partial charge in [0.25, 0.3) is 11.8 Å². The van der Waals surface area contributed by atoms with Crippen LogP contribution in [0, 0.1) is 5.82 Å². The van der Waals surface area contributed by atoms with E-state index < -0.39 is 64.6 Å². The second kappa shape index (κ2) is 21.0. The number of pyridine rings is 1. The number of amides is 4. The largest absolute Gasteiger partial charge is 1.00 e. The number of nitrogens with one attached hydrogen (secondary N) is 2. The Hall–Kier alpha value is -6.53. The summed E-state index contributed by atoms with van der Waals surface area (Å²) in [4.78, 5) is 82.7. The van der Waals surface area contributed by atoms with Crippen LogP contribution in [0.15, 0.2) is 126 Å². The Balaban J connectivity index is 0.00000741. The first kappa shape index (κ1) is 49.9. The molecule has 0 aliphatic carbocycles. The molecular weight excluding hydrogens is 950 g/mol. The number of carbonyl (C=O) groups excluding carboxylic acids is 6. The molecule has 0 unspecified atom stereocenters. The number of hydrogen-bond acceptors (Lipinski definition) is 11. The molecule has 2 atom stereocenters. The van der Waals surface area contributed by atoms with Gasteiger partial charge >= 0.3 is 18.2 Å². The van der Waals surface area contributed by atoms with Crippen LogP contribution in [0.3, 0.4) is 0 Å². The van der Waals surface area contributed by atoms with Crippen molar-refractivity contribution in [3.8, 4) is 5.75 Å². The highest BCUT2D eigenvalue weighted by atomic mass is 79.9. The van der Waals surface area contributed by atoms with Crippen molar-refractivity contribution in [2.24, 2.45) is 0 Å². The van der Waals surface area contributed by atoms with Gasteiger partial charge in [0, 0.05) is 48.3 Å². The van der Waals surface area contributed by atoms with Gasteiger partial charge in [-0.1, -0.05) is 60.7 Å². The van der Waals surface area contributed by atoms with Gasteiger partial charge < -0.3 is 51.5 Å². The van der Waals surface area contributed by atoms with Gasteiger partial charge in [0.2, 0.25) is 12.5 Å². The van der Waals surface area contributed by atoms with Crippen LogP contribution >= 0.6 is 11.8 Å². The van der Waals surface area contributed by atoms with Crippen molar-refractivity contribution in [3.05, 3.63) is 149 Å². The maximum atomic E-state index is 14.7. The minimum absolute atomic E-state index is 0. The van der Waals surface area contributed by atoms with E-state index in [1.807, 2.05) is 60.7 Å². The van der Waals surface area contributed by atoms with Crippen LogP contribution in [-0.4, -0.2) is 80.7 Å². The van der Waals surface area contributed by atoms with Crippen LogP contribution in [0.4, 0.5) is 19.7 Å². The molecule has 3 aliphatic rings. The number of β-lactam (4-membered cyclic amide) rings is 1. The number of esters is 1. The summed E-state index contributed by atoms with van der Waals surface area (Å²) < 4.78 is 38.0. The predicted octanol–water partition coefficient (Wildman–Crippen LogP) is 4.12. The van der Waals surface area contributed by atoms with Crippen molar-refractivity contribution in [1.29, 1.82) is 0 Å². The number of anilines is 1. The molecule has 4 heterocycles. The third-order valence-electron chi connectivity index (χ3n) is 10.3. The maximum absolute atomic E-state index is 14.7. The second-order valence-electron chi connectivity index (χ2n) is 17.8. The van der Waals surface area contributed by atoms with Crippen LogP contribution in [0.5, 0.6) is 5.75 Å². The molecule has 4 aromatic rings. The molecule has 3 aromatic carbocycles. The lowest BCUT2D eigenvalue weighted by Crippen LogP contribution is -3.00. The van der Waals surface area contributed by atoms with Gasteiger partial charge in [-0.25, -0.2) is 18.8 Å². The molecule has 7 rings (SSSR count). The summed E-state index contributed by atoms with van der Waals surface area (Å²) in [5, 5.41) is 4.66. The average molecular weight is 1000 g/mol. The van der Waals surface area contributed by atoms with Gasteiger partial charge in [-0.3, -0.25) is 19.3 Å². The zero-order chi connectivity index (χ0) is 47.3. The molecule has 15 nitrogen and oxygen atoms in total. The van der Waals surface area contributed by atoms with Crippen LogP contribution < -0.4 is 36.9 Å². The molecule has 2 saturated heterocycles. The normalized spacial score (nSPS) is 17.6. The number of hydrogen-bond donors (Lipinski definition) is 2. The molecule has 352 valence electrons. The molecule has 2 N–H and O–H groups in total. The van der Waals surface area contributed by atoms with E-state index in [1.165, 1.54) is 28.8 Å². The summed E-state index contributed by atoms with van der Waals surface area (Å²) in [7, 11) is 0. The Labute approximate surface area is 402 Å². The SMILES string of the molecule is CC(C)(C)OC(=O)N[C@@H]1C(=O)N2C(C(=O)OC(c3ccccc3)c3ccccc3)=C(/C=C3\CCN(Cc4cc[n+](CC(=O)Nc5ccc(OC(=O)OC(C)(C)C)c(F)c5)cc4)C3=O)CS[C@H]12.[Br-]. The zero-order valence-electron chi connectivity index (χ0n) is 37.7. The van der Waals surface area contributed by atoms with Crippen LogP contribution in [0.1, 0.15) is 70.8 Å². The van der Waals surface area contributed by atoms with Crippen molar-refractivity contribution < 1.29 is 73.7 Å². The molecule has 2 fully saturated rings. The fourth-order valence-electron chi connectivity index (χ4n) is 7.39. The van der Waals surface area contributed by atoms with Crippen LogP contribution in [0.2, 0.25) is 0 Å². The molecule has 0 saturated carbocycles. The molecule has 3 aliphatic heterocycles. The number of halogens is 2. The minimum atomic E-state index is -1.05. The van der Waals surface area contributed by atoms with Crippen LogP contribution in [0.25, 0.3) is 0 Å². The Kier molecular flexibility index (Phi) is 15.6. The lowest BCUT2D eigenvalue weighted by Gasteiger charge is -2.49. The van der Waals surface area contributed by atoms with E-state index in [9.17, 15) is 33.2 Å². The first-order valence-electron chi connectivity index (χ1n) is 21.3. The van der Waals surface area contributed by atoms with E-state index >= 15 is 0 Å². The van der Waals surface area contributed by atoms with Gasteiger partial charge in [-0.2, -0.15) is 4.57 Å². The van der Waals surface area contributed by atoms with Gasteiger partial charge in [0.15, 0.2) is 30.1 Å². The van der Waals surface area contributed by atoms with E-state index in [0.29, 0.717) is 24.1 Å². The number of aromatic nitrogens is 1. The minimum Gasteiger partial charge on any atom is -1.00 e. The van der Waals surface area contributed by atoms with E-state index in [-0.39, 0.29) is 58.9 Å². The summed E-state index contributed by atoms with van der Waals surface area (Å²) in [5.41, 5.74) is 1.71. The second-order valence-corrected chi connectivity index (χ2v) is 18.9. The van der Waals surface area contributed by atoms with Gasteiger partial charge in [0.05, 0.1) is 0 Å². The third kappa shape index (κ3) is 12.7. The summed E-state index contributed by atoms with van der Waals surface area (Å²) >= 11 is 1.36. The molecule has 1 aromatic heterocycles. The van der Waals surface area contributed by atoms with Gasteiger partial charge in [0.1, 0.15) is 28.3 Å². The fourth-order valence-corrected chi connectivity index (χ4v) is 8.70. The molecule has 4 amide bonds. The van der Waals surface area contributed by atoms with Gasteiger partial charge in [-0.15, -0.1) is 11.8 Å². The number of fused-ring (bicyclic) bond motifs is 1. The Morgan fingerprint density at radius 1 is 0.881 bits per heavy atom. The van der Waals surface area contributed by atoms with Crippen molar-refractivity contribution in [3.63, 3.8) is 0 Å². The summed E-state index contributed by atoms with van der Waals surface area (Å²) in [6.07, 6.45) is 2.83. The maximum Gasteiger partial charge on any atom is 0.514 e. The topological polar surface area (TPSA) is 174 Å². The number of nitrogens with zero attached hydrogens (tertiary/aromatic N) is 3. The predicted molar refractivity (Wildman–Crippen MR) is 241 cm³/mol. The molecule has 0 radical (unpaired) electrons. The summed E-state index contributed by atoms with van der Waals surface area (Å²) in [6.45, 7) is 10.7. The standard InChI is InChI=1S/C49H50FN5O10S.BrH/c1-48(2,3)64-46(60)52-39-43(58)55-40(45(59)63-41(31-13-9-7-10-14-31)32-15-11-8-12-16-32)34(29-66-44(39)55)25-33-21-24-54(42(33)57)27-30-19-22-53(23-20-30)28-38(56)51-35-17-18-37(36(50)26-35)62-47(61)65-49(4,5)6;/h7-20,22-23,25-26,39,41,44H,21,24,27-29H2,1-6H3,(H-,51,52,56,60);1H/b33-25+;/t39-,44-;/m1./s1. The lowest BCUT2D eigenvalue weighted by atomic mass is 10.00. The highest BCUT2D eigenvalue weighted by Gasteiger charge is 2.55. The highest BCUT2D eigenvalue weighted by Crippen LogP contribution is 2.43. The van der Waals surface area contributed by atoms with E-state index in [4.69, 9.17) is 18.9 Å². The van der Waals surface area contributed by atoms with Gasteiger partial charge in [-0.05, 0) is 88.4 Å². The first-order chi connectivity index (χ1) is 31.3. The Bertz CT molecular complexity index is 2540. The number of carbonyl (C=O) groups is 6. The number of rotatable bonds is 12. The Morgan fingerprint density at radius 2 is 1.51 bits per heavy atom. The quantitative estimate of drug-likeness (QED) is 0.0523. The van der Waals surface area contributed by atoms with E-state index in [0.717, 1.165) is 22.8 Å². The lowest BCUT2D eigenvalue weighted by molar-refractivity contribution is -0.684. The molecule has 67 heavy (non-hydrogen) atoms. The fraction of sp³-hybridized carbons (Fsp3) is 0.327. The van der Waals surface area contributed by atoms with Crippen molar-refractivity contribution in [1.82, 2.24) is 15.1 Å². The molecular formula is C49H51BrFN5O10S. The highest BCUT2D eigenvalue weighted by molar-refractivity contribution is 8.00. The summed E-state index contributed by atoms with van der Waals surface area (Å²) in [5.74, 6) is -2.89. The van der Waals surface area contributed by atoms with E-state index in [2.05, 4.69) is 10.6 Å². The molecule has 0 bridgehead atoms. The monoisotopic (exact) mass is 999 g/mol. The average Bonchev–Trinajstić information content (AvgIpc) is 3.59. The number of thioether (sulfide) groups is 1. The zero-order valence-corrected chi connectivity index (χ0v) is 40.2.